The Morgan fingerprint density at radius 3 is 2.32 bits per heavy atom. The molecule has 1 rings (SSSR count). The summed E-state index contributed by atoms with van der Waals surface area (Å²) in [6, 6.07) is 6.90. The van der Waals surface area contributed by atoms with Gasteiger partial charge in [0.1, 0.15) is 6.04 Å². The van der Waals surface area contributed by atoms with Crippen molar-refractivity contribution in [1.82, 2.24) is 16.0 Å². The van der Waals surface area contributed by atoms with E-state index in [1.165, 1.54) is 7.05 Å². The fourth-order valence-electron chi connectivity index (χ4n) is 2.16. The van der Waals surface area contributed by atoms with Crippen LogP contribution in [0.25, 0.3) is 0 Å². The second-order valence-corrected chi connectivity index (χ2v) is 5.47. The number of nitrogens with two attached hydrogens (primary N) is 1. The highest BCUT2D eigenvalue weighted by Crippen LogP contribution is 2.12. The molecule has 5 N–H and O–H groups in total. The largest absolute Gasteiger partial charge is 0.357 e. The Labute approximate surface area is 146 Å². The quantitative estimate of drug-likeness (QED) is 0.443. The first kappa shape index (κ1) is 20.3. The minimum Gasteiger partial charge on any atom is -0.357 e. The van der Waals surface area contributed by atoms with E-state index in [0.29, 0.717) is 18.4 Å². The normalized spacial score (nSPS) is 12.6. The molecule has 0 aliphatic heterocycles. The van der Waals surface area contributed by atoms with Crippen molar-refractivity contribution < 1.29 is 19.2 Å². The summed E-state index contributed by atoms with van der Waals surface area (Å²) in [5, 5.41) is 7.22. The van der Waals surface area contributed by atoms with E-state index >= 15 is 0 Å². The number of carbonyl (C=O) groups is 4. The summed E-state index contributed by atoms with van der Waals surface area (Å²) in [7, 11) is 1.46. The standard InChI is InChI=1S/C17H24N4O4/c1-3-7-12(18)15(23)17(25)20-10-13(22)21-14(16(24)19-2)11-8-5-4-6-9-11/h4-6,8-9,12,14H,3,7,10,18H2,1-2H3,(H,19,24)(H,20,25)(H,21,22). The van der Waals surface area contributed by atoms with Crippen molar-refractivity contribution in [2.45, 2.75) is 31.8 Å². The lowest BCUT2D eigenvalue weighted by atomic mass is 10.1. The van der Waals surface area contributed by atoms with Crippen molar-refractivity contribution in [3.63, 3.8) is 0 Å². The van der Waals surface area contributed by atoms with Crippen molar-refractivity contribution in [3.05, 3.63) is 35.9 Å². The monoisotopic (exact) mass is 348 g/mol. The fourth-order valence-corrected chi connectivity index (χ4v) is 2.16. The van der Waals surface area contributed by atoms with Crippen LogP contribution in [0.2, 0.25) is 0 Å². The van der Waals surface area contributed by atoms with Crippen LogP contribution in [0.1, 0.15) is 31.4 Å². The lowest BCUT2D eigenvalue weighted by Crippen LogP contribution is -2.47. The van der Waals surface area contributed by atoms with Gasteiger partial charge >= 0.3 is 0 Å². The van der Waals surface area contributed by atoms with Gasteiger partial charge in [-0.15, -0.1) is 0 Å². The molecule has 25 heavy (non-hydrogen) atoms. The molecule has 1 aromatic rings. The van der Waals surface area contributed by atoms with E-state index in [1.807, 2.05) is 6.92 Å². The first-order valence-electron chi connectivity index (χ1n) is 8.04. The van der Waals surface area contributed by atoms with Gasteiger partial charge in [-0.3, -0.25) is 19.2 Å². The molecule has 0 aliphatic rings. The van der Waals surface area contributed by atoms with Crippen LogP contribution in [0.4, 0.5) is 0 Å². The molecule has 1 aromatic carbocycles. The summed E-state index contributed by atoms with van der Waals surface area (Å²) in [6.45, 7) is 1.42. The summed E-state index contributed by atoms with van der Waals surface area (Å²) in [5.74, 6) is -2.66. The lowest BCUT2D eigenvalue weighted by molar-refractivity contribution is -0.139. The van der Waals surface area contributed by atoms with Gasteiger partial charge < -0.3 is 21.7 Å². The third-order valence-corrected chi connectivity index (χ3v) is 3.52. The Bertz CT molecular complexity index is 618. The van der Waals surface area contributed by atoms with Crippen molar-refractivity contribution in [2.75, 3.05) is 13.6 Å². The molecule has 2 unspecified atom stereocenters. The Balaban J connectivity index is 2.62. The van der Waals surface area contributed by atoms with E-state index in [1.54, 1.807) is 30.3 Å². The number of ketones is 1. The summed E-state index contributed by atoms with van der Waals surface area (Å²) in [5.41, 5.74) is 6.19. The van der Waals surface area contributed by atoms with Gasteiger partial charge in [0.25, 0.3) is 5.91 Å². The molecule has 8 nitrogen and oxygen atoms in total. The van der Waals surface area contributed by atoms with Crippen LogP contribution in [0.5, 0.6) is 0 Å². The van der Waals surface area contributed by atoms with Crippen LogP contribution in [0.3, 0.4) is 0 Å². The summed E-state index contributed by atoms with van der Waals surface area (Å²) < 4.78 is 0. The molecule has 2 atom stereocenters. The Morgan fingerprint density at radius 1 is 1.12 bits per heavy atom. The van der Waals surface area contributed by atoms with Gasteiger partial charge in [0.2, 0.25) is 17.6 Å². The number of benzene rings is 1. The second kappa shape index (κ2) is 10.2. The third kappa shape index (κ3) is 6.34. The molecule has 0 spiro atoms. The molecule has 0 aromatic heterocycles. The Morgan fingerprint density at radius 2 is 1.76 bits per heavy atom. The molecule has 8 heteroatoms. The zero-order chi connectivity index (χ0) is 18.8. The fraction of sp³-hybridized carbons (Fsp3) is 0.412. The maximum Gasteiger partial charge on any atom is 0.289 e. The van der Waals surface area contributed by atoms with E-state index in [4.69, 9.17) is 5.73 Å². The van der Waals surface area contributed by atoms with Crippen molar-refractivity contribution in [1.29, 1.82) is 0 Å². The number of carbonyl (C=O) groups excluding carboxylic acids is 4. The van der Waals surface area contributed by atoms with Gasteiger partial charge in [0.05, 0.1) is 12.6 Å². The molecule has 0 saturated carbocycles. The number of hydrogen-bond acceptors (Lipinski definition) is 5. The van der Waals surface area contributed by atoms with Gasteiger partial charge in [-0.05, 0) is 12.0 Å². The maximum absolute atomic E-state index is 12.0. The molecular formula is C17H24N4O4. The van der Waals surface area contributed by atoms with Gasteiger partial charge in [0.15, 0.2) is 0 Å². The number of hydrogen-bond donors (Lipinski definition) is 4. The lowest BCUT2D eigenvalue weighted by Gasteiger charge is -2.18. The zero-order valence-electron chi connectivity index (χ0n) is 14.4. The Kier molecular flexibility index (Phi) is 8.28. The molecule has 0 radical (unpaired) electrons. The van der Waals surface area contributed by atoms with E-state index in [-0.39, 0.29) is 0 Å². The highest BCUT2D eigenvalue weighted by Gasteiger charge is 2.24. The van der Waals surface area contributed by atoms with Crippen LogP contribution in [-0.2, 0) is 19.2 Å². The zero-order valence-corrected chi connectivity index (χ0v) is 14.4. The topological polar surface area (TPSA) is 130 Å². The second-order valence-electron chi connectivity index (χ2n) is 5.47. The van der Waals surface area contributed by atoms with E-state index in [0.717, 1.165) is 0 Å². The first-order valence-corrected chi connectivity index (χ1v) is 8.04. The molecule has 136 valence electrons. The molecule has 3 amide bonds. The number of amides is 3. The van der Waals surface area contributed by atoms with E-state index in [9.17, 15) is 19.2 Å². The average Bonchev–Trinajstić information content (AvgIpc) is 2.63. The van der Waals surface area contributed by atoms with E-state index in [2.05, 4.69) is 16.0 Å². The number of Topliss-reactive ketones (excluding diaryl/α,β-unsaturated/α-hetero) is 1. The predicted octanol–water partition coefficient (Wildman–Crippen LogP) is -0.597. The highest BCUT2D eigenvalue weighted by atomic mass is 16.2. The minimum atomic E-state index is -0.910. The predicted molar refractivity (Wildman–Crippen MR) is 92.3 cm³/mol. The van der Waals surface area contributed by atoms with Crippen molar-refractivity contribution in [3.8, 4) is 0 Å². The molecule has 0 bridgehead atoms. The molecule has 0 aliphatic carbocycles. The Hall–Kier alpha value is -2.74. The molecule has 0 heterocycles. The summed E-state index contributed by atoms with van der Waals surface area (Å²) in [4.78, 5) is 47.4. The van der Waals surface area contributed by atoms with Gasteiger partial charge in [0, 0.05) is 7.05 Å². The SMILES string of the molecule is CCCC(N)C(=O)C(=O)NCC(=O)NC(C(=O)NC)c1ccccc1. The molecule has 0 fully saturated rings. The highest BCUT2D eigenvalue weighted by molar-refractivity contribution is 6.38. The molecule has 0 saturated heterocycles. The van der Waals surface area contributed by atoms with E-state index < -0.39 is 42.1 Å². The van der Waals surface area contributed by atoms with Crippen LogP contribution in [-0.4, -0.2) is 43.1 Å². The van der Waals surface area contributed by atoms with Gasteiger partial charge in [-0.2, -0.15) is 0 Å². The minimum absolute atomic E-state index is 0.394. The van der Waals surface area contributed by atoms with Crippen molar-refractivity contribution in [2.24, 2.45) is 5.73 Å². The maximum atomic E-state index is 12.0. The summed E-state index contributed by atoms with van der Waals surface area (Å²) in [6.07, 6.45) is 1.07. The van der Waals surface area contributed by atoms with Crippen molar-refractivity contribution >= 4 is 23.5 Å². The number of rotatable bonds is 9. The number of nitrogens with one attached hydrogen (secondary N) is 3. The van der Waals surface area contributed by atoms with Gasteiger partial charge in [-0.1, -0.05) is 43.7 Å². The smallest absolute Gasteiger partial charge is 0.289 e. The average molecular weight is 348 g/mol. The molecular weight excluding hydrogens is 324 g/mol. The number of likely N-dealkylation sites (N-methyl/N-ethyl adjacent to an activating group) is 1. The first-order chi connectivity index (χ1) is 11.9. The van der Waals surface area contributed by atoms with Gasteiger partial charge in [-0.25, -0.2) is 0 Å². The summed E-state index contributed by atoms with van der Waals surface area (Å²) >= 11 is 0. The van der Waals surface area contributed by atoms with Crippen LogP contribution < -0.4 is 21.7 Å². The van der Waals surface area contributed by atoms with Crippen LogP contribution >= 0.6 is 0 Å². The third-order valence-electron chi connectivity index (χ3n) is 3.52. The van der Waals surface area contributed by atoms with Crippen LogP contribution in [0, 0.1) is 0 Å². The van der Waals surface area contributed by atoms with Crippen LogP contribution in [0.15, 0.2) is 30.3 Å².